The van der Waals surface area contributed by atoms with Gasteiger partial charge in [0.05, 0.1) is 11.1 Å². The fourth-order valence-corrected chi connectivity index (χ4v) is 1.73. The van der Waals surface area contributed by atoms with Crippen LogP contribution in [0.25, 0.3) is 0 Å². The molecule has 0 heterocycles. The van der Waals surface area contributed by atoms with Gasteiger partial charge in [-0.3, -0.25) is 14.9 Å². The van der Waals surface area contributed by atoms with Gasteiger partial charge in [0.15, 0.2) is 0 Å². The maximum absolute atomic E-state index is 11.9. The first-order valence-electron chi connectivity index (χ1n) is 5.90. The maximum atomic E-state index is 11.9. The minimum absolute atomic E-state index is 0.0456. The molecule has 0 aromatic heterocycles. The lowest BCUT2D eigenvalue weighted by Gasteiger charge is -2.01. The van der Waals surface area contributed by atoms with Gasteiger partial charge in [0, 0.05) is 11.1 Å². The first-order valence-corrected chi connectivity index (χ1v) is 6.28. The fourth-order valence-electron chi connectivity index (χ4n) is 1.60. The van der Waals surface area contributed by atoms with E-state index in [1.807, 2.05) is 0 Å². The van der Waals surface area contributed by atoms with Crippen molar-refractivity contribution in [3.05, 3.63) is 74.8 Å². The summed E-state index contributed by atoms with van der Waals surface area (Å²) in [4.78, 5) is 22.1. The third-order valence-electron chi connectivity index (χ3n) is 2.60. The molecule has 0 atom stereocenters. The largest absolute Gasteiger partial charge is 0.282 e. The molecule has 0 radical (unpaired) electrons. The Balaban J connectivity index is 2.08. The molecule has 0 saturated heterocycles. The number of nitrogens with one attached hydrogen (secondary N) is 1. The molecule has 106 valence electrons. The molecule has 0 aliphatic heterocycles. The number of hydrazone groups is 1. The number of nitrogens with zero attached hydrogens (tertiary/aromatic N) is 2. The van der Waals surface area contributed by atoms with E-state index < -0.39 is 10.8 Å². The second kappa shape index (κ2) is 6.62. The summed E-state index contributed by atoms with van der Waals surface area (Å²) in [7, 11) is 0. The summed E-state index contributed by atoms with van der Waals surface area (Å²) in [6.07, 6.45) is 1.42. The van der Waals surface area contributed by atoms with Crippen LogP contribution in [0, 0.1) is 10.1 Å². The van der Waals surface area contributed by atoms with E-state index in [0.717, 1.165) is 5.56 Å². The molecule has 0 aliphatic carbocycles. The molecule has 0 aliphatic rings. The summed E-state index contributed by atoms with van der Waals surface area (Å²) in [6, 6.07) is 12.5. The van der Waals surface area contributed by atoms with E-state index in [2.05, 4.69) is 10.5 Å². The van der Waals surface area contributed by atoms with E-state index in [9.17, 15) is 14.9 Å². The Morgan fingerprint density at radius 2 is 1.86 bits per heavy atom. The first-order chi connectivity index (χ1) is 10.1. The number of halogens is 1. The van der Waals surface area contributed by atoms with Crippen molar-refractivity contribution in [2.24, 2.45) is 5.10 Å². The normalized spacial score (nSPS) is 10.5. The number of hydrogen-bond donors (Lipinski definition) is 1. The predicted molar refractivity (Wildman–Crippen MR) is 79.6 cm³/mol. The highest BCUT2D eigenvalue weighted by molar-refractivity contribution is 6.30. The van der Waals surface area contributed by atoms with Crippen molar-refractivity contribution in [1.82, 2.24) is 5.43 Å². The van der Waals surface area contributed by atoms with Crippen LogP contribution in [0.4, 0.5) is 5.69 Å². The van der Waals surface area contributed by atoms with Crippen LogP contribution in [0.2, 0.25) is 5.02 Å². The molecule has 1 N–H and O–H groups in total. The van der Waals surface area contributed by atoms with Gasteiger partial charge >= 0.3 is 0 Å². The minimum Gasteiger partial charge on any atom is -0.267 e. The SMILES string of the molecule is O=C(N/N=C\c1ccc(Cl)cc1)c1ccccc1[N+](=O)[O-]. The van der Waals surface area contributed by atoms with Crippen LogP contribution in [0.3, 0.4) is 0 Å². The summed E-state index contributed by atoms with van der Waals surface area (Å²) in [5.74, 6) is -0.646. The molecular weight excluding hydrogens is 294 g/mol. The predicted octanol–water partition coefficient (Wildman–Crippen LogP) is 3.01. The van der Waals surface area contributed by atoms with Gasteiger partial charge in [-0.25, -0.2) is 5.43 Å². The maximum Gasteiger partial charge on any atom is 0.282 e. The van der Waals surface area contributed by atoms with Crippen molar-refractivity contribution in [2.75, 3.05) is 0 Å². The van der Waals surface area contributed by atoms with Crippen LogP contribution in [0.15, 0.2) is 53.6 Å². The molecule has 0 saturated carbocycles. The second-order valence-corrected chi connectivity index (χ2v) is 4.46. The molecule has 2 aromatic rings. The number of benzene rings is 2. The number of amides is 1. The molecule has 21 heavy (non-hydrogen) atoms. The van der Waals surface area contributed by atoms with Gasteiger partial charge in [0.2, 0.25) is 0 Å². The van der Waals surface area contributed by atoms with Crippen LogP contribution < -0.4 is 5.43 Å². The molecule has 0 bridgehead atoms. The third kappa shape index (κ3) is 3.87. The van der Waals surface area contributed by atoms with Crippen molar-refractivity contribution in [3.63, 3.8) is 0 Å². The van der Waals surface area contributed by atoms with E-state index in [1.54, 1.807) is 30.3 Å². The van der Waals surface area contributed by atoms with Crippen LogP contribution in [-0.4, -0.2) is 17.0 Å². The van der Waals surface area contributed by atoms with Crippen LogP contribution >= 0.6 is 11.6 Å². The van der Waals surface area contributed by atoms with Gasteiger partial charge in [-0.2, -0.15) is 5.10 Å². The Labute approximate surface area is 125 Å². The van der Waals surface area contributed by atoms with Crippen LogP contribution in [0.1, 0.15) is 15.9 Å². The zero-order valence-corrected chi connectivity index (χ0v) is 11.4. The topological polar surface area (TPSA) is 84.6 Å². The zero-order chi connectivity index (χ0) is 15.2. The summed E-state index contributed by atoms with van der Waals surface area (Å²) in [5.41, 5.74) is 2.68. The number of hydrogen-bond acceptors (Lipinski definition) is 4. The molecular formula is C14H10ClN3O3. The van der Waals surface area contributed by atoms with Gasteiger partial charge in [-0.1, -0.05) is 35.9 Å². The van der Waals surface area contributed by atoms with Crippen LogP contribution in [0.5, 0.6) is 0 Å². The number of nitro benzene ring substituents is 1. The Hall–Kier alpha value is -2.73. The van der Waals surface area contributed by atoms with Gasteiger partial charge in [-0.15, -0.1) is 0 Å². The smallest absolute Gasteiger partial charge is 0.267 e. The second-order valence-electron chi connectivity index (χ2n) is 4.02. The summed E-state index contributed by atoms with van der Waals surface area (Å²) < 4.78 is 0. The monoisotopic (exact) mass is 303 g/mol. The molecule has 0 unspecified atom stereocenters. The Bertz CT molecular complexity index is 699. The lowest BCUT2D eigenvalue weighted by Crippen LogP contribution is -2.18. The highest BCUT2D eigenvalue weighted by atomic mass is 35.5. The van der Waals surface area contributed by atoms with Gasteiger partial charge in [-0.05, 0) is 23.8 Å². The molecule has 7 heteroatoms. The number of rotatable bonds is 4. The van der Waals surface area contributed by atoms with Gasteiger partial charge in [0.25, 0.3) is 11.6 Å². The molecule has 0 fully saturated rings. The molecule has 2 rings (SSSR count). The standard InChI is InChI=1S/C14H10ClN3O3/c15-11-7-5-10(6-8-11)9-16-17-14(19)12-3-1-2-4-13(12)18(20)21/h1-9H,(H,17,19)/b16-9-. The van der Waals surface area contributed by atoms with Crippen molar-refractivity contribution in [3.8, 4) is 0 Å². The van der Waals surface area contributed by atoms with Crippen molar-refractivity contribution < 1.29 is 9.72 Å². The van der Waals surface area contributed by atoms with E-state index in [-0.39, 0.29) is 11.3 Å². The number of para-hydroxylation sites is 1. The summed E-state index contributed by atoms with van der Waals surface area (Å²) >= 11 is 5.75. The number of nitro groups is 1. The average Bonchev–Trinajstić information content (AvgIpc) is 2.49. The summed E-state index contributed by atoms with van der Waals surface area (Å²) in [5, 5.41) is 15.2. The zero-order valence-electron chi connectivity index (χ0n) is 10.7. The Kier molecular flexibility index (Phi) is 4.63. The highest BCUT2D eigenvalue weighted by Gasteiger charge is 2.18. The fraction of sp³-hybridized carbons (Fsp3) is 0. The summed E-state index contributed by atoms with van der Waals surface area (Å²) in [6.45, 7) is 0. The van der Waals surface area contributed by atoms with Crippen molar-refractivity contribution in [2.45, 2.75) is 0 Å². The molecule has 6 nitrogen and oxygen atoms in total. The van der Waals surface area contributed by atoms with Crippen molar-refractivity contribution >= 4 is 29.4 Å². The first kappa shape index (κ1) is 14.7. The van der Waals surface area contributed by atoms with Crippen LogP contribution in [-0.2, 0) is 0 Å². The molecule has 1 amide bonds. The Morgan fingerprint density at radius 3 is 2.52 bits per heavy atom. The van der Waals surface area contributed by atoms with Gasteiger partial charge < -0.3 is 0 Å². The minimum atomic E-state index is -0.646. The van der Waals surface area contributed by atoms with Gasteiger partial charge in [0.1, 0.15) is 5.56 Å². The van der Waals surface area contributed by atoms with E-state index >= 15 is 0 Å². The molecule has 0 spiro atoms. The number of carbonyl (C=O) groups is 1. The molecule has 2 aromatic carbocycles. The van der Waals surface area contributed by atoms with E-state index in [0.29, 0.717) is 5.02 Å². The quantitative estimate of drug-likeness (QED) is 0.535. The average molecular weight is 304 g/mol. The third-order valence-corrected chi connectivity index (χ3v) is 2.85. The lowest BCUT2D eigenvalue weighted by atomic mass is 10.2. The van der Waals surface area contributed by atoms with Crippen molar-refractivity contribution in [1.29, 1.82) is 0 Å². The van der Waals surface area contributed by atoms with E-state index in [1.165, 1.54) is 24.4 Å². The van der Waals surface area contributed by atoms with E-state index in [4.69, 9.17) is 11.6 Å². The number of carbonyl (C=O) groups excluding carboxylic acids is 1. The lowest BCUT2D eigenvalue weighted by molar-refractivity contribution is -0.385. The Morgan fingerprint density at radius 1 is 1.19 bits per heavy atom. The highest BCUT2D eigenvalue weighted by Crippen LogP contribution is 2.17.